The number of carbonyl (C=O) groups excluding carboxylic acids is 1. The summed E-state index contributed by atoms with van der Waals surface area (Å²) < 4.78 is 25.6. The van der Waals surface area contributed by atoms with Gasteiger partial charge in [0.25, 0.3) is 0 Å². The van der Waals surface area contributed by atoms with E-state index in [0.29, 0.717) is 17.9 Å². The highest BCUT2D eigenvalue weighted by atomic mass is 16.7. The van der Waals surface area contributed by atoms with Crippen LogP contribution in [0.3, 0.4) is 0 Å². The lowest BCUT2D eigenvalue weighted by Gasteiger charge is -2.18. The normalized spacial score (nSPS) is 13.4. The zero-order chi connectivity index (χ0) is 29.6. The minimum absolute atomic E-state index is 0.193. The van der Waals surface area contributed by atoms with Gasteiger partial charge in [-0.05, 0) is 42.3 Å². The van der Waals surface area contributed by atoms with Crippen molar-refractivity contribution < 1.29 is 28.3 Å². The molecule has 2 aliphatic heterocycles. The topological polar surface area (TPSA) is 57.9 Å². The lowest BCUT2D eigenvalue weighted by molar-refractivity contribution is -0.670. The summed E-state index contributed by atoms with van der Waals surface area (Å²) in [7, 11) is 1.63. The van der Waals surface area contributed by atoms with Crippen molar-refractivity contribution in [2.24, 2.45) is 0 Å². The fourth-order valence-electron chi connectivity index (χ4n) is 6.95. The zero-order valence-electron chi connectivity index (χ0n) is 26.0. The highest BCUT2D eigenvalue weighted by Gasteiger charge is 2.30. The van der Waals surface area contributed by atoms with E-state index >= 15 is 0 Å². The molecular formula is C37H46NO5+. The minimum atomic E-state index is -0.193. The molecule has 6 heteroatoms. The summed E-state index contributed by atoms with van der Waals surface area (Å²) in [4.78, 5) is 13.0. The van der Waals surface area contributed by atoms with Crippen LogP contribution in [0.5, 0.6) is 23.0 Å². The van der Waals surface area contributed by atoms with E-state index in [4.69, 9.17) is 18.9 Å². The van der Waals surface area contributed by atoms with Crippen LogP contribution >= 0.6 is 0 Å². The van der Waals surface area contributed by atoms with E-state index in [-0.39, 0.29) is 12.8 Å². The molecule has 0 amide bonds. The summed E-state index contributed by atoms with van der Waals surface area (Å²) in [5, 5.41) is 5.37. The van der Waals surface area contributed by atoms with Gasteiger partial charge in [0, 0.05) is 23.6 Å². The number of rotatable bonds is 16. The zero-order valence-corrected chi connectivity index (χ0v) is 26.0. The van der Waals surface area contributed by atoms with E-state index in [1.54, 1.807) is 7.11 Å². The largest absolute Gasteiger partial charge is 0.493 e. The first-order chi connectivity index (χ1) is 21.2. The van der Waals surface area contributed by atoms with Gasteiger partial charge in [-0.3, -0.25) is 4.79 Å². The van der Waals surface area contributed by atoms with Gasteiger partial charge >= 0.3 is 5.97 Å². The fourth-order valence-corrected chi connectivity index (χ4v) is 6.95. The third kappa shape index (κ3) is 6.25. The Bertz CT molecular complexity index is 1610. The molecule has 0 N–H and O–H groups in total. The highest BCUT2D eigenvalue weighted by molar-refractivity contribution is 6.17. The summed E-state index contributed by atoms with van der Waals surface area (Å²) in [5.41, 5.74) is 2.46. The Balaban J connectivity index is 1.10. The van der Waals surface area contributed by atoms with Gasteiger partial charge in [0.05, 0.1) is 23.3 Å². The second kappa shape index (κ2) is 13.8. The number of methoxy groups -OCH3 is 1. The molecule has 0 spiro atoms. The van der Waals surface area contributed by atoms with Gasteiger partial charge in [0.1, 0.15) is 0 Å². The predicted molar refractivity (Wildman–Crippen MR) is 171 cm³/mol. The summed E-state index contributed by atoms with van der Waals surface area (Å²) in [6.45, 7) is 3.37. The van der Waals surface area contributed by atoms with E-state index in [9.17, 15) is 4.79 Å². The Morgan fingerprint density at radius 1 is 0.814 bits per heavy atom. The maximum atomic E-state index is 13.0. The molecule has 0 atom stereocenters. The van der Waals surface area contributed by atoms with Gasteiger partial charge in [-0.25, -0.2) is 0 Å². The Morgan fingerprint density at radius 2 is 1.49 bits per heavy atom. The Morgan fingerprint density at radius 3 is 2.21 bits per heavy atom. The second-order valence-electron chi connectivity index (χ2n) is 12.3. The van der Waals surface area contributed by atoms with Crippen molar-refractivity contribution in [2.45, 2.75) is 110 Å². The van der Waals surface area contributed by atoms with Crippen molar-refractivity contribution in [3.05, 3.63) is 42.1 Å². The van der Waals surface area contributed by atoms with Crippen molar-refractivity contribution in [3.8, 4) is 23.0 Å². The van der Waals surface area contributed by atoms with E-state index < -0.39 is 0 Å². The van der Waals surface area contributed by atoms with Crippen LogP contribution in [0, 0.1) is 0 Å². The number of aryl methyl sites for hydroxylation is 2. The molecule has 0 aliphatic carbocycles. The van der Waals surface area contributed by atoms with Crippen LogP contribution in [0.4, 0.5) is 0 Å². The van der Waals surface area contributed by atoms with Gasteiger partial charge in [-0.15, -0.1) is 0 Å². The van der Waals surface area contributed by atoms with E-state index in [2.05, 4.69) is 42.0 Å². The maximum absolute atomic E-state index is 13.0. The highest BCUT2D eigenvalue weighted by Crippen LogP contribution is 2.46. The molecule has 0 saturated heterocycles. The van der Waals surface area contributed by atoms with Crippen LogP contribution in [0.15, 0.2) is 36.5 Å². The first kappa shape index (κ1) is 29.5. The first-order valence-corrected chi connectivity index (χ1v) is 16.6. The molecule has 0 radical (unpaired) electrons. The standard InChI is InChI=1S/C37H46NO5/c1-3-4-5-6-7-8-9-10-11-12-13-14-15-16-33(39)43-37-30-24-38-22-21-26-23-32-36(42-25-41-32)29-18-17-28(35(38)34(26)29)27(30)19-20-31(37)40-2/h17-20,23-24H,3-16,21-22,25H2,1-2H3/q+1. The van der Waals surface area contributed by atoms with Gasteiger partial charge in [-0.2, -0.15) is 4.57 Å². The van der Waals surface area contributed by atoms with Crippen LogP contribution in [-0.4, -0.2) is 19.9 Å². The van der Waals surface area contributed by atoms with Gasteiger partial charge in [0.15, 0.2) is 35.7 Å². The number of hydrogen-bond donors (Lipinski definition) is 0. The number of ether oxygens (including phenoxy) is 4. The van der Waals surface area contributed by atoms with Crippen molar-refractivity contribution in [1.29, 1.82) is 0 Å². The molecule has 2 aliphatic rings. The average molecular weight is 585 g/mol. The quantitative estimate of drug-likeness (QED) is 0.0432. The molecule has 0 saturated carbocycles. The van der Waals surface area contributed by atoms with Crippen LogP contribution in [-0.2, 0) is 17.8 Å². The maximum Gasteiger partial charge on any atom is 0.311 e. The van der Waals surface area contributed by atoms with Crippen molar-refractivity contribution in [1.82, 2.24) is 0 Å². The fraction of sp³-hybridized carbons (Fsp3) is 0.514. The van der Waals surface area contributed by atoms with Crippen LogP contribution in [0.25, 0.3) is 32.4 Å². The minimum Gasteiger partial charge on any atom is -0.493 e. The third-order valence-electron chi connectivity index (χ3n) is 9.26. The van der Waals surface area contributed by atoms with Gasteiger partial charge < -0.3 is 18.9 Å². The molecule has 6 rings (SSSR count). The van der Waals surface area contributed by atoms with Crippen LogP contribution in [0.1, 0.15) is 102 Å². The molecule has 0 unspecified atom stereocenters. The lowest BCUT2D eigenvalue weighted by atomic mass is 9.93. The van der Waals surface area contributed by atoms with E-state index in [0.717, 1.165) is 58.9 Å². The first-order valence-electron chi connectivity index (χ1n) is 16.6. The van der Waals surface area contributed by atoms with Crippen LogP contribution < -0.4 is 23.5 Å². The summed E-state index contributed by atoms with van der Waals surface area (Å²) in [5.74, 6) is 2.56. The number of nitrogens with zero attached hydrogens (tertiary/aromatic N) is 1. The second-order valence-corrected chi connectivity index (χ2v) is 12.3. The molecule has 3 aromatic carbocycles. The van der Waals surface area contributed by atoms with Crippen LogP contribution in [0.2, 0.25) is 0 Å². The molecular weight excluding hydrogens is 538 g/mol. The number of carbonyl (C=O) groups is 1. The van der Waals surface area contributed by atoms with E-state index in [1.165, 1.54) is 87.1 Å². The number of aromatic nitrogens is 1. The number of benzene rings is 3. The predicted octanol–water partition coefficient (Wildman–Crippen LogP) is 9.11. The molecule has 228 valence electrons. The molecule has 4 aromatic rings. The SMILES string of the molecule is CCCCCCCCCCCCCCCC(=O)Oc1c(OC)ccc2c1c[n+]1c3c2ccc2c4c(cc(c23)CC1)OCO4. The molecule has 43 heavy (non-hydrogen) atoms. The number of fused-ring (bicyclic) bond motifs is 4. The molecule has 0 fully saturated rings. The number of esters is 1. The van der Waals surface area contributed by atoms with Crippen molar-refractivity contribution in [2.75, 3.05) is 13.9 Å². The molecule has 6 nitrogen and oxygen atoms in total. The number of hydrogen-bond acceptors (Lipinski definition) is 5. The molecule has 0 bridgehead atoms. The monoisotopic (exact) mass is 584 g/mol. The Hall–Kier alpha value is -3.54. The number of unbranched alkanes of at least 4 members (excludes halogenated alkanes) is 12. The van der Waals surface area contributed by atoms with Gasteiger partial charge in [0.2, 0.25) is 12.3 Å². The lowest BCUT2D eigenvalue weighted by Crippen LogP contribution is -2.38. The Kier molecular flexibility index (Phi) is 9.50. The van der Waals surface area contributed by atoms with Crippen molar-refractivity contribution in [3.63, 3.8) is 0 Å². The van der Waals surface area contributed by atoms with Crippen molar-refractivity contribution >= 4 is 38.4 Å². The molecule has 3 heterocycles. The average Bonchev–Trinajstić information content (AvgIpc) is 3.50. The van der Waals surface area contributed by atoms with Gasteiger partial charge in [-0.1, -0.05) is 84.0 Å². The number of pyridine rings is 1. The summed E-state index contributed by atoms with van der Waals surface area (Å²) in [6, 6.07) is 10.4. The Labute approximate surface area is 255 Å². The third-order valence-corrected chi connectivity index (χ3v) is 9.26. The molecule has 1 aromatic heterocycles. The summed E-state index contributed by atoms with van der Waals surface area (Å²) in [6.07, 6.45) is 20.1. The smallest absolute Gasteiger partial charge is 0.311 e. The van der Waals surface area contributed by atoms with E-state index in [1.807, 2.05) is 6.07 Å². The summed E-state index contributed by atoms with van der Waals surface area (Å²) >= 11 is 0.